The molecule has 0 bridgehead atoms. The van der Waals surface area contributed by atoms with Gasteiger partial charge in [0.1, 0.15) is 0 Å². The number of rotatable bonds is 9. The van der Waals surface area contributed by atoms with Crippen LogP contribution in [-0.2, 0) is 22.3 Å². The van der Waals surface area contributed by atoms with Crippen LogP contribution < -0.4 is 0 Å². The van der Waals surface area contributed by atoms with Gasteiger partial charge in [0.05, 0.1) is 18.9 Å². The number of nitrogens with zero attached hydrogens (tertiary/aromatic N) is 1. The second-order valence-electron chi connectivity index (χ2n) is 5.06. The highest BCUT2D eigenvalue weighted by Crippen LogP contribution is 2.17. The van der Waals surface area contributed by atoms with Gasteiger partial charge in [0, 0.05) is 13.0 Å². The van der Waals surface area contributed by atoms with E-state index in [1.807, 2.05) is 0 Å². The third-order valence-electron chi connectivity index (χ3n) is 2.61. The molecule has 0 unspecified atom stereocenters. The summed E-state index contributed by atoms with van der Waals surface area (Å²) in [6.07, 6.45) is 2.26. The quantitative estimate of drug-likeness (QED) is 0.515. The molecule has 0 saturated carbocycles. The van der Waals surface area contributed by atoms with E-state index in [9.17, 15) is 4.79 Å². The lowest BCUT2D eigenvalue weighted by molar-refractivity contribution is 0.0484. The molecule has 114 valence electrons. The number of hydrogen-bond acceptors (Lipinski definition) is 5. The fourth-order valence-corrected chi connectivity index (χ4v) is 1.79. The maximum atomic E-state index is 11.8. The average Bonchev–Trinajstić information content (AvgIpc) is 2.77. The van der Waals surface area contributed by atoms with E-state index in [0.717, 1.165) is 13.0 Å². The van der Waals surface area contributed by atoms with Crippen LogP contribution in [0, 0.1) is 5.92 Å². The predicted octanol–water partition coefficient (Wildman–Crippen LogP) is 3.02. The number of oxazole rings is 1. The Morgan fingerprint density at radius 2 is 2.05 bits per heavy atom. The highest BCUT2D eigenvalue weighted by Gasteiger charge is 2.21. The van der Waals surface area contributed by atoms with Crippen molar-refractivity contribution in [3.05, 3.63) is 17.3 Å². The summed E-state index contributed by atoms with van der Waals surface area (Å²) in [6, 6.07) is 0. The molecule has 0 saturated heterocycles. The van der Waals surface area contributed by atoms with Gasteiger partial charge in [0.25, 0.3) is 0 Å². The molecule has 1 aromatic rings. The maximum absolute atomic E-state index is 11.8. The summed E-state index contributed by atoms with van der Waals surface area (Å²) in [5.41, 5.74) is 0.684. The van der Waals surface area contributed by atoms with Crippen LogP contribution in [-0.4, -0.2) is 30.8 Å². The van der Waals surface area contributed by atoms with Crippen molar-refractivity contribution in [3.63, 3.8) is 0 Å². The lowest BCUT2D eigenvalue weighted by atomic mass is 10.1. The number of ether oxygens (including phenoxy) is 2. The largest absolute Gasteiger partial charge is 0.460 e. The molecule has 5 nitrogen and oxygen atoms in total. The summed E-state index contributed by atoms with van der Waals surface area (Å²) in [5, 5.41) is 0. The fourth-order valence-electron chi connectivity index (χ4n) is 1.79. The van der Waals surface area contributed by atoms with Gasteiger partial charge < -0.3 is 13.9 Å². The van der Waals surface area contributed by atoms with Crippen molar-refractivity contribution in [1.82, 2.24) is 4.98 Å². The van der Waals surface area contributed by atoms with Crippen LogP contribution >= 0.6 is 0 Å². The molecule has 1 heterocycles. The summed E-state index contributed by atoms with van der Waals surface area (Å²) in [6.45, 7) is 9.60. The summed E-state index contributed by atoms with van der Waals surface area (Å²) in [4.78, 5) is 16.3. The lowest BCUT2D eigenvalue weighted by Gasteiger charge is -2.02. The number of hydrogen-bond donors (Lipinski definition) is 0. The number of aromatic nitrogens is 1. The van der Waals surface area contributed by atoms with Crippen molar-refractivity contribution in [1.29, 1.82) is 0 Å². The molecule has 20 heavy (non-hydrogen) atoms. The van der Waals surface area contributed by atoms with Gasteiger partial charge in [-0.15, -0.1) is 0 Å². The Bertz CT molecular complexity index is 412. The lowest BCUT2D eigenvalue weighted by Crippen LogP contribution is -2.08. The smallest absolute Gasteiger partial charge is 0.376 e. The van der Waals surface area contributed by atoms with Crippen molar-refractivity contribution < 1.29 is 18.7 Å². The van der Waals surface area contributed by atoms with Gasteiger partial charge in [0.15, 0.2) is 5.89 Å². The molecule has 0 aliphatic carbocycles. The van der Waals surface area contributed by atoms with Gasteiger partial charge in [0.2, 0.25) is 5.76 Å². The zero-order valence-electron chi connectivity index (χ0n) is 12.9. The Hall–Kier alpha value is -1.36. The van der Waals surface area contributed by atoms with Crippen molar-refractivity contribution in [2.45, 2.75) is 47.0 Å². The van der Waals surface area contributed by atoms with Gasteiger partial charge in [-0.25, -0.2) is 9.78 Å². The van der Waals surface area contributed by atoms with E-state index in [-0.39, 0.29) is 5.76 Å². The topological polar surface area (TPSA) is 61.6 Å². The molecule has 0 fully saturated rings. The first-order valence-corrected chi connectivity index (χ1v) is 7.31. The minimum absolute atomic E-state index is 0.242. The van der Waals surface area contributed by atoms with E-state index in [0.29, 0.717) is 43.6 Å². The highest BCUT2D eigenvalue weighted by molar-refractivity contribution is 5.87. The average molecular weight is 283 g/mol. The monoisotopic (exact) mass is 283 g/mol. The first kappa shape index (κ1) is 16.7. The molecular weight excluding hydrogens is 258 g/mol. The van der Waals surface area contributed by atoms with Crippen LogP contribution in [0.1, 0.15) is 56.3 Å². The zero-order chi connectivity index (χ0) is 15.0. The van der Waals surface area contributed by atoms with Crippen LogP contribution in [0.5, 0.6) is 0 Å². The molecule has 0 radical (unpaired) electrons. The highest BCUT2D eigenvalue weighted by atomic mass is 16.5. The molecule has 0 N–H and O–H groups in total. The van der Waals surface area contributed by atoms with Gasteiger partial charge in [-0.3, -0.25) is 0 Å². The summed E-state index contributed by atoms with van der Waals surface area (Å²) >= 11 is 0. The first-order chi connectivity index (χ1) is 9.58. The van der Waals surface area contributed by atoms with Gasteiger partial charge >= 0.3 is 5.97 Å². The Morgan fingerprint density at radius 3 is 2.65 bits per heavy atom. The van der Waals surface area contributed by atoms with Crippen molar-refractivity contribution >= 4 is 5.97 Å². The molecule has 0 aliphatic heterocycles. The molecule has 0 aliphatic rings. The Morgan fingerprint density at radius 1 is 1.30 bits per heavy atom. The van der Waals surface area contributed by atoms with E-state index in [2.05, 4.69) is 25.8 Å². The standard InChI is InChI=1S/C15H25NO4/c1-5-8-18-9-7-13-16-12(10-11(3)4)14(20-13)15(17)19-6-2/h11H,5-10H2,1-4H3. The Balaban J connectivity index is 2.74. The van der Waals surface area contributed by atoms with Crippen LogP contribution in [0.15, 0.2) is 4.42 Å². The summed E-state index contributed by atoms with van der Waals surface area (Å²) in [5.74, 6) is 0.750. The molecule has 5 heteroatoms. The minimum atomic E-state index is -0.434. The fraction of sp³-hybridized carbons (Fsp3) is 0.733. The van der Waals surface area contributed by atoms with Crippen molar-refractivity contribution in [2.75, 3.05) is 19.8 Å². The Labute approximate surface area is 120 Å². The van der Waals surface area contributed by atoms with Crippen LogP contribution in [0.25, 0.3) is 0 Å². The van der Waals surface area contributed by atoms with Gasteiger partial charge in [-0.1, -0.05) is 20.8 Å². The Kier molecular flexibility index (Phi) is 7.30. The van der Waals surface area contributed by atoms with E-state index < -0.39 is 5.97 Å². The van der Waals surface area contributed by atoms with E-state index in [1.54, 1.807) is 6.92 Å². The molecular formula is C15H25NO4. The third kappa shape index (κ3) is 5.33. The molecule has 0 atom stereocenters. The SMILES string of the molecule is CCCOCCc1nc(CC(C)C)c(C(=O)OCC)o1. The normalized spacial score (nSPS) is 11.1. The minimum Gasteiger partial charge on any atom is -0.460 e. The second-order valence-corrected chi connectivity index (χ2v) is 5.06. The van der Waals surface area contributed by atoms with Crippen molar-refractivity contribution in [2.24, 2.45) is 5.92 Å². The molecule has 0 spiro atoms. The first-order valence-electron chi connectivity index (χ1n) is 7.31. The van der Waals surface area contributed by atoms with Gasteiger partial charge in [-0.2, -0.15) is 0 Å². The predicted molar refractivity (Wildman–Crippen MR) is 75.8 cm³/mol. The van der Waals surface area contributed by atoms with E-state index >= 15 is 0 Å². The number of carbonyl (C=O) groups is 1. The summed E-state index contributed by atoms with van der Waals surface area (Å²) in [7, 11) is 0. The second kappa shape index (κ2) is 8.74. The van der Waals surface area contributed by atoms with E-state index in [1.165, 1.54) is 0 Å². The maximum Gasteiger partial charge on any atom is 0.376 e. The van der Waals surface area contributed by atoms with Gasteiger partial charge in [-0.05, 0) is 25.7 Å². The molecule has 1 rings (SSSR count). The number of carbonyl (C=O) groups excluding carboxylic acids is 1. The van der Waals surface area contributed by atoms with E-state index in [4.69, 9.17) is 13.9 Å². The molecule has 0 aromatic carbocycles. The van der Waals surface area contributed by atoms with Crippen LogP contribution in [0.2, 0.25) is 0 Å². The van der Waals surface area contributed by atoms with Crippen molar-refractivity contribution in [3.8, 4) is 0 Å². The number of esters is 1. The summed E-state index contributed by atoms with van der Waals surface area (Å²) < 4.78 is 16.0. The molecule has 1 aromatic heterocycles. The van der Waals surface area contributed by atoms with Crippen LogP contribution in [0.3, 0.4) is 0 Å². The third-order valence-corrected chi connectivity index (χ3v) is 2.61. The molecule has 0 amide bonds. The zero-order valence-corrected chi connectivity index (χ0v) is 12.9. The van der Waals surface area contributed by atoms with Crippen LogP contribution in [0.4, 0.5) is 0 Å².